The summed E-state index contributed by atoms with van der Waals surface area (Å²) in [4.78, 5) is 18.9. The van der Waals surface area contributed by atoms with Gasteiger partial charge < -0.3 is 10.2 Å². The van der Waals surface area contributed by atoms with Crippen LogP contribution in [0.25, 0.3) is 0 Å². The van der Waals surface area contributed by atoms with E-state index in [4.69, 9.17) is 0 Å². The summed E-state index contributed by atoms with van der Waals surface area (Å²) in [6.07, 6.45) is 3.32. The zero-order valence-electron chi connectivity index (χ0n) is 12.0. The Balaban J connectivity index is 2.09. The van der Waals surface area contributed by atoms with Gasteiger partial charge in [-0.25, -0.2) is 4.98 Å². The molecule has 1 aliphatic carbocycles. The minimum atomic E-state index is 0.0697. The second-order valence-electron chi connectivity index (χ2n) is 5.57. The zero-order chi connectivity index (χ0) is 13.8. The Labute approximate surface area is 115 Å². The predicted molar refractivity (Wildman–Crippen MR) is 77.3 cm³/mol. The molecule has 2 rings (SSSR count). The highest BCUT2D eigenvalue weighted by molar-refractivity contribution is 5.93. The van der Waals surface area contributed by atoms with Crippen molar-refractivity contribution in [3.8, 4) is 0 Å². The third-order valence-electron chi connectivity index (χ3n) is 3.42. The minimum absolute atomic E-state index is 0.0697. The Morgan fingerprint density at radius 3 is 2.79 bits per heavy atom. The monoisotopic (exact) mass is 261 g/mol. The van der Waals surface area contributed by atoms with Gasteiger partial charge in [0, 0.05) is 19.6 Å². The van der Waals surface area contributed by atoms with Crippen molar-refractivity contribution in [2.75, 3.05) is 18.9 Å². The summed E-state index contributed by atoms with van der Waals surface area (Å²) in [5.41, 5.74) is 0.544. The number of anilines is 1. The van der Waals surface area contributed by atoms with Crippen LogP contribution < -0.4 is 5.32 Å². The molecular weight excluding hydrogens is 238 g/mol. The number of hydrogen-bond donors (Lipinski definition) is 1. The Morgan fingerprint density at radius 2 is 2.21 bits per heavy atom. The van der Waals surface area contributed by atoms with E-state index in [0.717, 1.165) is 31.6 Å². The molecule has 1 heterocycles. The fraction of sp³-hybridized carbons (Fsp3) is 0.600. The molecule has 4 heteroatoms. The first-order chi connectivity index (χ1) is 9.11. The van der Waals surface area contributed by atoms with Gasteiger partial charge in [0.25, 0.3) is 5.91 Å². The van der Waals surface area contributed by atoms with Crippen LogP contribution in [0, 0.1) is 5.92 Å². The third-order valence-corrected chi connectivity index (χ3v) is 3.42. The topological polar surface area (TPSA) is 45.2 Å². The van der Waals surface area contributed by atoms with E-state index in [1.54, 1.807) is 6.07 Å². The SMILES string of the molecule is CNc1cccc(C(=O)N(CCC(C)C)C2CC2)n1. The van der Waals surface area contributed by atoms with Gasteiger partial charge in [-0.15, -0.1) is 0 Å². The maximum Gasteiger partial charge on any atom is 0.272 e. The second kappa shape index (κ2) is 6.04. The van der Waals surface area contributed by atoms with Gasteiger partial charge in [0.1, 0.15) is 11.5 Å². The summed E-state index contributed by atoms with van der Waals surface area (Å²) in [6.45, 7) is 5.22. The molecular formula is C15H23N3O. The molecule has 1 fully saturated rings. The molecule has 104 valence electrons. The first-order valence-corrected chi connectivity index (χ1v) is 7.07. The lowest BCUT2D eigenvalue weighted by molar-refractivity contribution is 0.0729. The van der Waals surface area contributed by atoms with Gasteiger partial charge in [0.2, 0.25) is 0 Å². The third kappa shape index (κ3) is 3.69. The van der Waals surface area contributed by atoms with Crippen LogP contribution in [0.1, 0.15) is 43.6 Å². The molecule has 0 bridgehead atoms. The molecule has 1 aromatic rings. The van der Waals surface area contributed by atoms with Crippen LogP contribution in [0.3, 0.4) is 0 Å². The van der Waals surface area contributed by atoms with Crippen LogP contribution in [0.4, 0.5) is 5.82 Å². The summed E-state index contributed by atoms with van der Waals surface area (Å²) < 4.78 is 0. The number of hydrogen-bond acceptors (Lipinski definition) is 3. The molecule has 0 aromatic carbocycles. The fourth-order valence-corrected chi connectivity index (χ4v) is 2.07. The molecule has 4 nitrogen and oxygen atoms in total. The quantitative estimate of drug-likeness (QED) is 0.856. The highest BCUT2D eigenvalue weighted by Gasteiger charge is 2.33. The van der Waals surface area contributed by atoms with Crippen LogP contribution in [-0.2, 0) is 0 Å². The Hall–Kier alpha value is -1.58. The Bertz CT molecular complexity index is 441. The molecule has 1 aliphatic rings. The highest BCUT2D eigenvalue weighted by atomic mass is 16.2. The van der Waals surface area contributed by atoms with Crippen molar-refractivity contribution >= 4 is 11.7 Å². The van der Waals surface area contributed by atoms with Gasteiger partial charge in [-0.2, -0.15) is 0 Å². The van der Waals surface area contributed by atoms with Crippen molar-refractivity contribution in [3.05, 3.63) is 23.9 Å². The molecule has 1 N–H and O–H groups in total. The van der Waals surface area contributed by atoms with E-state index in [1.165, 1.54) is 0 Å². The van der Waals surface area contributed by atoms with Crippen molar-refractivity contribution < 1.29 is 4.79 Å². The molecule has 1 amide bonds. The molecule has 0 aliphatic heterocycles. The van der Waals surface area contributed by atoms with Gasteiger partial charge in [-0.3, -0.25) is 4.79 Å². The molecule has 0 atom stereocenters. The van der Waals surface area contributed by atoms with E-state index < -0.39 is 0 Å². The van der Waals surface area contributed by atoms with Crippen LogP contribution in [-0.4, -0.2) is 35.4 Å². The molecule has 0 radical (unpaired) electrons. The van der Waals surface area contributed by atoms with Gasteiger partial charge in [0.15, 0.2) is 0 Å². The summed E-state index contributed by atoms with van der Waals surface area (Å²) in [5, 5.41) is 2.97. The van der Waals surface area contributed by atoms with E-state index in [0.29, 0.717) is 17.7 Å². The standard InChI is InChI=1S/C15H23N3O/c1-11(2)9-10-18(12-7-8-12)15(19)13-5-4-6-14(16-3)17-13/h4-6,11-12H,7-10H2,1-3H3,(H,16,17). The maximum absolute atomic E-state index is 12.5. The van der Waals surface area contributed by atoms with Gasteiger partial charge in [0.05, 0.1) is 0 Å². The lowest BCUT2D eigenvalue weighted by atomic mass is 10.1. The molecule has 1 aromatic heterocycles. The number of nitrogens with zero attached hydrogens (tertiary/aromatic N) is 2. The maximum atomic E-state index is 12.5. The van der Waals surface area contributed by atoms with Crippen molar-refractivity contribution in [3.63, 3.8) is 0 Å². The van der Waals surface area contributed by atoms with E-state index in [-0.39, 0.29) is 5.91 Å². The molecule has 19 heavy (non-hydrogen) atoms. The average molecular weight is 261 g/mol. The minimum Gasteiger partial charge on any atom is -0.373 e. The summed E-state index contributed by atoms with van der Waals surface area (Å²) in [6, 6.07) is 5.98. The van der Waals surface area contributed by atoms with Crippen molar-refractivity contribution in [1.29, 1.82) is 0 Å². The zero-order valence-corrected chi connectivity index (χ0v) is 12.0. The van der Waals surface area contributed by atoms with Gasteiger partial charge in [-0.1, -0.05) is 19.9 Å². The van der Waals surface area contributed by atoms with Gasteiger partial charge >= 0.3 is 0 Å². The highest BCUT2D eigenvalue weighted by Crippen LogP contribution is 2.28. The predicted octanol–water partition coefficient (Wildman–Crippen LogP) is 2.77. The lowest BCUT2D eigenvalue weighted by Crippen LogP contribution is -2.35. The molecule has 0 spiro atoms. The van der Waals surface area contributed by atoms with Crippen molar-refractivity contribution in [1.82, 2.24) is 9.88 Å². The van der Waals surface area contributed by atoms with E-state index in [2.05, 4.69) is 24.1 Å². The van der Waals surface area contributed by atoms with Crippen LogP contribution in [0.5, 0.6) is 0 Å². The summed E-state index contributed by atoms with van der Waals surface area (Å²) in [5.74, 6) is 1.43. The van der Waals surface area contributed by atoms with Gasteiger partial charge in [-0.05, 0) is 37.3 Å². The second-order valence-corrected chi connectivity index (χ2v) is 5.57. The van der Waals surface area contributed by atoms with Crippen LogP contribution in [0.2, 0.25) is 0 Å². The van der Waals surface area contributed by atoms with E-state index in [1.807, 2.05) is 24.1 Å². The first-order valence-electron chi connectivity index (χ1n) is 7.07. The number of rotatable bonds is 6. The smallest absolute Gasteiger partial charge is 0.272 e. The average Bonchev–Trinajstić information content (AvgIpc) is 3.23. The number of pyridine rings is 1. The van der Waals surface area contributed by atoms with E-state index in [9.17, 15) is 4.79 Å². The first kappa shape index (κ1) is 13.8. The Morgan fingerprint density at radius 1 is 1.47 bits per heavy atom. The summed E-state index contributed by atoms with van der Waals surface area (Å²) in [7, 11) is 1.81. The summed E-state index contributed by atoms with van der Waals surface area (Å²) >= 11 is 0. The van der Waals surface area contributed by atoms with Crippen LogP contribution >= 0.6 is 0 Å². The molecule has 1 saturated carbocycles. The Kier molecular flexibility index (Phi) is 4.40. The lowest BCUT2D eigenvalue weighted by Gasteiger charge is -2.23. The van der Waals surface area contributed by atoms with Crippen LogP contribution in [0.15, 0.2) is 18.2 Å². The molecule has 0 unspecified atom stereocenters. The fourth-order valence-electron chi connectivity index (χ4n) is 2.07. The number of carbonyl (C=O) groups excluding carboxylic acids is 1. The number of amides is 1. The number of carbonyl (C=O) groups is 1. The number of nitrogens with one attached hydrogen (secondary N) is 1. The molecule has 0 saturated heterocycles. The van der Waals surface area contributed by atoms with Crippen molar-refractivity contribution in [2.24, 2.45) is 5.92 Å². The number of aromatic nitrogens is 1. The van der Waals surface area contributed by atoms with E-state index >= 15 is 0 Å². The normalized spacial score (nSPS) is 14.5. The van der Waals surface area contributed by atoms with Crippen molar-refractivity contribution in [2.45, 2.75) is 39.2 Å². The largest absolute Gasteiger partial charge is 0.373 e.